The number of pyridine rings is 1. The van der Waals surface area contributed by atoms with E-state index in [0.717, 1.165) is 42.6 Å². The maximum absolute atomic E-state index is 12.3. The highest BCUT2D eigenvalue weighted by Gasteiger charge is 2.15. The zero-order valence-electron chi connectivity index (χ0n) is 15.0. The average Bonchev–Trinajstić information content (AvgIpc) is 3.22. The van der Waals surface area contributed by atoms with Crippen molar-refractivity contribution in [2.24, 2.45) is 5.92 Å². The van der Waals surface area contributed by atoms with Crippen molar-refractivity contribution in [2.75, 3.05) is 19.8 Å². The van der Waals surface area contributed by atoms with Gasteiger partial charge in [-0.2, -0.15) is 0 Å². The lowest BCUT2D eigenvalue weighted by atomic mass is 10.0. The van der Waals surface area contributed by atoms with Gasteiger partial charge < -0.3 is 15.0 Å². The van der Waals surface area contributed by atoms with E-state index in [4.69, 9.17) is 4.74 Å². The molecule has 2 N–H and O–H groups in total. The second-order valence-electron chi connectivity index (χ2n) is 6.96. The minimum Gasteiger partial charge on any atom is -0.381 e. The molecule has 27 heavy (non-hydrogen) atoms. The van der Waals surface area contributed by atoms with Crippen LogP contribution in [0.4, 0.5) is 0 Å². The lowest BCUT2D eigenvalue weighted by Crippen LogP contribution is -2.26. The third-order valence-corrected chi connectivity index (χ3v) is 5.12. The fourth-order valence-corrected chi connectivity index (χ4v) is 3.48. The minimum atomic E-state index is -0.0991. The highest BCUT2D eigenvalue weighted by molar-refractivity contribution is 5.95. The molecule has 0 radical (unpaired) electrons. The summed E-state index contributed by atoms with van der Waals surface area (Å²) in [6.45, 7) is 2.31. The zero-order valence-corrected chi connectivity index (χ0v) is 15.0. The van der Waals surface area contributed by atoms with Crippen LogP contribution in [0.25, 0.3) is 21.9 Å². The summed E-state index contributed by atoms with van der Waals surface area (Å²) in [6.07, 6.45) is 3.69. The maximum atomic E-state index is 12.3. The van der Waals surface area contributed by atoms with Crippen molar-refractivity contribution in [3.05, 3.63) is 70.6 Å². The first-order valence-electron chi connectivity index (χ1n) is 9.28. The van der Waals surface area contributed by atoms with Gasteiger partial charge in [0, 0.05) is 36.9 Å². The van der Waals surface area contributed by atoms with Crippen molar-refractivity contribution < 1.29 is 9.53 Å². The second kappa shape index (κ2) is 7.76. The van der Waals surface area contributed by atoms with Crippen LogP contribution in [0.3, 0.4) is 0 Å². The molecule has 0 unspecified atom stereocenters. The van der Waals surface area contributed by atoms with E-state index in [1.54, 1.807) is 6.20 Å². The van der Waals surface area contributed by atoms with Gasteiger partial charge in [0.25, 0.3) is 11.5 Å². The number of aromatic nitrogens is 1. The number of nitrogens with one attached hydrogen (secondary N) is 2. The molecule has 3 aromatic rings. The number of aromatic amines is 1. The van der Waals surface area contributed by atoms with Crippen molar-refractivity contribution in [1.82, 2.24) is 10.3 Å². The number of hydrogen-bond donors (Lipinski definition) is 2. The van der Waals surface area contributed by atoms with Crippen molar-refractivity contribution in [2.45, 2.75) is 12.8 Å². The van der Waals surface area contributed by atoms with Crippen LogP contribution in [-0.2, 0) is 4.74 Å². The van der Waals surface area contributed by atoms with Crippen molar-refractivity contribution >= 4 is 16.7 Å². The summed E-state index contributed by atoms with van der Waals surface area (Å²) in [4.78, 5) is 27.0. The largest absolute Gasteiger partial charge is 0.381 e. The molecule has 2 heterocycles. The molecule has 4 rings (SSSR count). The Morgan fingerprint density at radius 1 is 1.11 bits per heavy atom. The lowest BCUT2D eigenvalue weighted by Gasteiger charge is -2.09. The Bertz CT molecular complexity index is 1000. The van der Waals surface area contributed by atoms with E-state index in [-0.39, 0.29) is 11.5 Å². The minimum absolute atomic E-state index is 0.0598. The van der Waals surface area contributed by atoms with E-state index in [1.165, 1.54) is 0 Å². The molecule has 0 aliphatic carbocycles. The highest BCUT2D eigenvalue weighted by Crippen LogP contribution is 2.23. The van der Waals surface area contributed by atoms with Crippen LogP contribution >= 0.6 is 0 Å². The molecule has 138 valence electrons. The van der Waals surface area contributed by atoms with Gasteiger partial charge in [0.15, 0.2) is 0 Å². The molecule has 1 aliphatic heterocycles. The van der Waals surface area contributed by atoms with E-state index in [0.29, 0.717) is 23.4 Å². The standard InChI is InChI=1S/C22H22N2O3/c25-21(23-10-7-15-9-12-27-14-15)18-4-1-16(2-5-18)19-6-3-17-8-11-24-22(26)20(17)13-19/h1-6,8,11,13,15H,7,9-10,12,14H2,(H,23,25)(H,24,26)/t15-/m0/s1. The molecule has 1 aliphatic rings. The molecular weight excluding hydrogens is 340 g/mol. The Labute approximate surface area is 157 Å². The summed E-state index contributed by atoms with van der Waals surface area (Å²) in [5.41, 5.74) is 2.46. The van der Waals surface area contributed by atoms with Crippen LogP contribution < -0.4 is 10.9 Å². The summed E-state index contributed by atoms with van der Waals surface area (Å²) in [7, 11) is 0. The van der Waals surface area contributed by atoms with Gasteiger partial charge in [0.05, 0.1) is 0 Å². The maximum Gasteiger partial charge on any atom is 0.255 e. The summed E-state index contributed by atoms with van der Waals surface area (Å²) >= 11 is 0. The van der Waals surface area contributed by atoms with Crippen LogP contribution in [0.5, 0.6) is 0 Å². The topological polar surface area (TPSA) is 71.2 Å². The number of carbonyl (C=O) groups is 1. The average molecular weight is 362 g/mol. The fourth-order valence-electron chi connectivity index (χ4n) is 3.48. The predicted octanol–water partition coefficient (Wildman–Crippen LogP) is 3.35. The number of ether oxygens (including phenoxy) is 1. The Kier molecular flexibility index (Phi) is 5.03. The van der Waals surface area contributed by atoms with E-state index in [9.17, 15) is 9.59 Å². The van der Waals surface area contributed by atoms with Gasteiger partial charge in [-0.1, -0.05) is 24.3 Å². The molecular formula is C22H22N2O3. The first-order chi connectivity index (χ1) is 13.2. The molecule has 0 saturated carbocycles. The normalized spacial score (nSPS) is 16.5. The monoisotopic (exact) mass is 362 g/mol. The van der Waals surface area contributed by atoms with Crippen molar-refractivity contribution in [1.29, 1.82) is 0 Å². The number of amides is 1. The van der Waals surface area contributed by atoms with Crippen molar-refractivity contribution in [3.63, 3.8) is 0 Å². The van der Waals surface area contributed by atoms with E-state index < -0.39 is 0 Å². The Morgan fingerprint density at radius 3 is 2.70 bits per heavy atom. The number of hydrogen-bond acceptors (Lipinski definition) is 3. The molecule has 1 amide bonds. The van der Waals surface area contributed by atoms with Crippen molar-refractivity contribution in [3.8, 4) is 11.1 Å². The summed E-state index contributed by atoms with van der Waals surface area (Å²) in [5, 5.41) is 4.55. The number of benzene rings is 2. The van der Waals surface area contributed by atoms with Gasteiger partial charge in [0.2, 0.25) is 0 Å². The quantitative estimate of drug-likeness (QED) is 0.731. The van der Waals surface area contributed by atoms with Crippen LogP contribution in [0.15, 0.2) is 59.5 Å². The van der Waals surface area contributed by atoms with E-state index in [2.05, 4.69) is 10.3 Å². The first kappa shape index (κ1) is 17.5. The second-order valence-corrected chi connectivity index (χ2v) is 6.96. The number of carbonyl (C=O) groups excluding carboxylic acids is 1. The Morgan fingerprint density at radius 2 is 1.93 bits per heavy atom. The first-order valence-corrected chi connectivity index (χ1v) is 9.28. The predicted molar refractivity (Wildman–Crippen MR) is 106 cm³/mol. The van der Waals surface area contributed by atoms with Crippen LogP contribution in [0.2, 0.25) is 0 Å². The molecule has 5 heteroatoms. The molecule has 1 aromatic heterocycles. The summed E-state index contributed by atoms with van der Waals surface area (Å²) in [5.74, 6) is 0.499. The van der Waals surface area contributed by atoms with Crippen LogP contribution in [0.1, 0.15) is 23.2 Å². The molecule has 2 aromatic carbocycles. The van der Waals surface area contributed by atoms with E-state index >= 15 is 0 Å². The lowest BCUT2D eigenvalue weighted by molar-refractivity contribution is 0.0950. The van der Waals surface area contributed by atoms with Crippen LogP contribution in [-0.4, -0.2) is 30.6 Å². The Hall–Kier alpha value is -2.92. The fraction of sp³-hybridized carbons (Fsp3) is 0.273. The number of fused-ring (bicyclic) bond motifs is 1. The van der Waals surface area contributed by atoms with Gasteiger partial charge in [-0.15, -0.1) is 0 Å². The third-order valence-electron chi connectivity index (χ3n) is 5.12. The van der Waals surface area contributed by atoms with Gasteiger partial charge in [-0.05, 0) is 59.5 Å². The smallest absolute Gasteiger partial charge is 0.255 e. The highest BCUT2D eigenvalue weighted by atomic mass is 16.5. The van der Waals surface area contributed by atoms with Gasteiger partial charge in [-0.25, -0.2) is 0 Å². The molecule has 0 bridgehead atoms. The molecule has 1 saturated heterocycles. The van der Waals surface area contributed by atoms with Gasteiger partial charge >= 0.3 is 0 Å². The molecule has 1 atom stereocenters. The SMILES string of the molecule is O=C(NCC[C@H]1CCOC1)c1ccc(-c2ccc3cc[nH]c(=O)c3c2)cc1. The van der Waals surface area contributed by atoms with Gasteiger partial charge in [0.1, 0.15) is 0 Å². The summed E-state index contributed by atoms with van der Waals surface area (Å²) in [6, 6.07) is 15.2. The van der Waals surface area contributed by atoms with Gasteiger partial charge in [-0.3, -0.25) is 9.59 Å². The zero-order chi connectivity index (χ0) is 18.6. The van der Waals surface area contributed by atoms with Crippen LogP contribution in [0, 0.1) is 5.92 Å². The molecule has 1 fully saturated rings. The van der Waals surface area contributed by atoms with E-state index in [1.807, 2.05) is 48.5 Å². The number of rotatable bonds is 5. The molecule has 5 nitrogen and oxygen atoms in total. The third kappa shape index (κ3) is 3.93. The number of H-pyrrole nitrogens is 1. The Balaban J connectivity index is 1.44. The molecule has 0 spiro atoms. The summed E-state index contributed by atoms with van der Waals surface area (Å²) < 4.78 is 5.35.